The van der Waals surface area contributed by atoms with E-state index in [1.54, 1.807) is 0 Å². The summed E-state index contributed by atoms with van der Waals surface area (Å²) in [4.78, 5) is 16.5. The summed E-state index contributed by atoms with van der Waals surface area (Å²) in [7, 11) is 0. The van der Waals surface area contributed by atoms with Gasteiger partial charge in [-0.25, -0.2) is 0 Å². The summed E-state index contributed by atoms with van der Waals surface area (Å²) in [6, 6.07) is 11.5. The molecule has 0 spiro atoms. The van der Waals surface area contributed by atoms with E-state index in [2.05, 4.69) is 52.9 Å². The number of benzene rings is 1. The molecule has 0 heterocycles. The maximum absolute atomic E-state index is 11.9. The van der Waals surface area contributed by atoms with Crippen molar-refractivity contribution < 1.29 is 9.53 Å². The van der Waals surface area contributed by atoms with Gasteiger partial charge in [0.15, 0.2) is 5.96 Å². The molecule has 3 rings (SSSR count). The molecule has 0 aromatic heterocycles. The lowest BCUT2D eigenvalue weighted by molar-refractivity contribution is -0.149. The molecule has 0 radical (unpaired) electrons. The van der Waals surface area contributed by atoms with Gasteiger partial charge >= 0.3 is 5.97 Å². The van der Waals surface area contributed by atoms with Crippen molar-refractivity contribution in [2.24, 2.45) is 10.9 Å². The van der Waals surface area contributed by atoms with E-state index in [4.69, 9.17) is 4.74 Å². The topological polar surface area (TPSA) is 62.7 Å². The fourth-order valence-corrected chi connectivity index (χ4v) is 3.82. The van der Waals surface area contributed by atoms with Crippen LogP contribution in [-0.2, 0) is 9.53 Å². The molecule has 5 nitrogen and oxygen atoms in total. The minimum absolute atomic E-state index is 0. The number of nitrogens with one attached hydrogen (secondary N) is 2. The van der Waals surface area contributed by atoms with Crippen LogP contribution in [0.1, 0.15) is 57.4 Å². The summed E-state index contributed by atoms with van der Waals surface area (Å²) < 4.78 is 5.16. The highest BCUT2D eigenvalue weighted by atomic mass is 127. The zero-order chi connectivity index (χ0) is 18.4. The molecule has 1 aromatic carbocycles. The van der Waals surface area contributed by atoms with Gasteiger partial charge in [-0.3, -0.25) is 9.79 Å². The molecule has 2 aliphatic rings. The van der Waals surface area contributed by atoms with E-state index in [1.165, 1.54) is 5.56 Å². The molecule has 150 valence electrons. The predicted octanol–water partition coefficient (Wildman–Crippen LogP) is 3.84. The van der Waals surface area contributed by atoms with Crippen molar-refractivity contribution in [2.75, 3.05) is 13.2 Å². The Balaban J connectivity index is 0.00000261. The molecule has 27 heavy (non-hydrogen) atoms. The van der Waals surface area contributed by atoms with Gasteiger partial charge in [0.2, 0.25) is 0 Å². The largest absolute Gasteiger partial charge is 0.466 e. The molecule has 6 heteroatoms. The number of guanidine groups is 1. The van der Waals surface area contributed by atoms with Crippen LogP contribution >= 0.6 is 24.0 Å². The predicted molar refractivity (Wildman–Crippen MR) is 120 cm³/mol. The van der Waals surface area contributed by atoms with Crippen LogP contribution in [-0.4, -0.2) is 37.2 Å². The summed E-state index contributed by atoms with van der Waals surface area (Å²) in [6.07, 6.45) is 4.92. The van der Waals surface area contributed by atoms with Crippen molar-refractivity contribution in [2.45, 2.75) is 64.0 Å². The van der Waals surface area contributed by atoms with Crippen molar-refractivity contribution in [3.8, 4) is 0 Å². The molecule has 2 N–H and O–H groups in total. The number of hydrogen-bond donors (Lipinski definition) is 2. The minimum Gasteiger partial charge on any atom is -0.466 e. The number of ether oxygens (including phenoxy) is 1. The van der Waals surface area contributed by atoms with Gasteiger partial charge in [-0.1, -0.05) is 30.3 Å². The van der Waals surface area contributed by atoms with Crippen molar-refractivity contribution >= 4 is 35.9 Å². The van der Waals surface area contributed by atoms with Crippen LogP contribution in [0.2, 0.25) is 0 Å². The van der Waals surface area contributed by atoms with Gasteiger partial charge < -0.3 is 15.4 Å². The summed E-state index contributed by atoms with van der Waals surface area (Å²) >= 11 is 0. The van der Waals surface area contributed by atoms with Gasteiger partial charge in [0, 0.05) is 24.5 Å². The molecular formula is C21H32IN3O2. The Labute approximate surface area is 179 Å². The third kappa shape index (κ3) is 6.36. The molecule has 2 atom stereocenters. The fourth-order valence-electron chi connectivity index (χ4n) is 3.82. The Morgan fingerprint density at radius 3 is 2.44 bits per heavy atom. The number of nitrogens with zero attached hydrogens (tertiary/aromatic N) is 1. The molecule has 0 saturated heterocycles. The molecular weight excluding hydrogens is 453 g/mol. The summed E-state index contributed by atoms with van der Waals surface area (Å²) in [5.74, 6) is 1.53. The van der Waals surface area contributed by atoms with Gasteiger partial charge in [-0.05, 0) is 51.5 Å². The quantitative estimate of drug-likeness (QED) is 0.278. The lowest BCUT2D eigenvalue weighted by Crippen LogP contribution is -2.46. The number of hydrogen-bond acceptors (Lipinski definition) is 3. The Bertz CT molecular complexity index is 615. The fraction of sp³-hybridized carbons (Fsp3) is 0.619. The number of aliphatic imine (C=N–C) groups is 1. The number of carbonyl (C=O) groups is 1. The number of rotatable bonds is 6. The highest BCUT2D eigenvalue weighted by Gasteiger charge is 2.39. The second kappa shape index (κ2) is 10.9. The van der Waals surface area contributed by atoms with E-state index in [0.717, 1.165) is 44.6 Å². The monoisotopic (exact) mass is 485 g/mol. The molecule has 2 saturated carbocycles. The molecule has 2 unspecified atom stereocenters. The van der Waals surface area contributed by atoms with Crippen LogP contribution in [0.25, 0.3) is 0 Å². The second-order valence-electron chi connectivity index (χ2n) is 7.27. The van der Waals surface area contributed by atoms with E-state index < -0.39 is 0 Å². The number of carbonyl (C=O) groups excluding carboxylic acids is 1. The smallest absolute Gasteiger partial charge is 0.308 e. The van der Waals surface area contributed by atoms with E-state index in [-0.39, 0.29) is 35.9 Å². The van der Waals surface area contributed by atoms with E-state index in [9.17, 15) is 4.79 Å². The molecule has 0 bridgehead atoms. The Morgan fingerprint density at radius 2 is 1.81 bits per heavy atom. The van der Waals surface area contributed by atoms with E-state index in [0.29, 0.717) is 24.6 Å². The average molecular weight is 485 g/mol. The van der Waals surface area contributed by atoms with Crippen molar-refractivity contribution in [3.63, 3.8) is 0 Å². The van der Waals surface area contributed by atoms with E-state index in [1.807, 2.05) is 6.92 Å². The van der Waals surface area contributed by atoms with Gasteiger partial charge in [0.25, 0.3) is 0 Å². The highest BCUT2D eigenvalue weighted by Crippen LogP contribution is 2.40. The Kier molecular flexibility index (Phi) is 8.86. The zero-order valence-corrected chi connectivity index (χ0v) is 18.6. The Hall–Kier alpha value is -1.31. The number of halogens is 1. The van der Waals surface area contributed by atoms with Gasteiger partial charge in [-0.2, -0.15) is 0 Å². The van der Waals surface area contributed by atoms with Crippen molar-refractivity contribution in [1.29, 1.82) is 0 Å². The summed E-state index contributed by atoms with van der Waals surface area (Å²) in [5.41, 5.74) is 1.40. The minimum atomic E-state index is -0.0322. The van der Waals surface area contributed by atoms with Gasteiger partial charge in [0.1, 0.15) is 0 Å². The van der Waals surface area contributed by atoms with Gasteiger partial charge in [-0.15, -0.1) is 24.0 Å². The van der Waals surface area contributed by atoms with Crippen LogP contribution in [0.5, 0.6) is 0 Å². The molecule has 0 amide bonds. The maximum atomic E-state index is 11.9. The average Bonchev–Trinajstić information content (AvgIpc) is 3.42. The first-order valence-corrected chi connectivity index (χ1v) is 10.00. The SMILES string of the molecule is CCN=C(NC1CCC(C(=O)OCC)CC1)NC1CC1c1ccccc1.I. The standard InChI is InChI=1S/C21H31N3O2.HI/c1-3-22-21(24-19-14-18(19)15-8-6-5-7-9-15)23-17-12-10-16(11-13-17)20(25)26-4-2;/h5-9,16-19H,3-4,10-14H2,1-2H3,(H2,22,23,24);1H. The van der Waals surface area contributed by atoms with Gasteiger partial charge in [0.05, 0.1) is 12.5 Å². The molecule has 2 fully saturated rings. The summed E-state index contributed by atoms with van der Waals surface area (Å²) in [6.45, 7) is 5.15. The van der Waals surface area contributed by atoms with Crippen LogP contribution in [0, 0.1) is 5.92 Å². The lowest BCUT2D eigenvalue weighted by Gasteiger charge is -2.29. The van der Waals surface area contributed by atoms with Crippen LogP contribution in [0.15, 0.2) is 35.3 Å². The first-order chi connectivity index (χ1) is 12.7. The molecule has 1 aromatic rings. The van der Waals surface area contributed by atoms with E-state index >= 15 is 0 Å². The zero-order valence-electron chi connectivity index (χ0n) is 16.3. The van der Waals surface area contributed by atoms with Crippen LogP contribution in [0.3, 0.4) is 0 Å². The van der Waals surface area contributed by atoms with Crippen LogP contribution in [0.4, 0.5) is 0 Å². The van der Waals surface area contributed by atoms with Crippen LogP contribution < -0.4 is 10.6 Å². The summed E-state index contributed by atoms with van der Waals surface area (Å²) in [5, 5.41) is 7.17. The van der Waals surface area contributed by atoms with Crippen molar-refractivity contribution in [3.05, 3.63) is 35.9 Å². The third-order valence-electron chi connectivity index (χ3n) is 5.34. The first-order valence-electron chi connectivity index (χ1n) is 10.00. The van der Waals surface area contributed by atoms with Crippen molar-refractivity contribution in [1.82, 2.24) is 10.6 Å². The highest BCUT2D eigenvalue weighted by molar-refractivity contribution is 14.0. The maximum Gasteiger partial charge on any atom is 0.308 e. The lowest BCUT2D eigenvalue weighted by atomic mass is 9.86. The third-order valence-corrected chi connectivity index (χ3v) is 5.34. The second-order valence-corrected chi connectivity index (χ2v) is 7.27. The normalized spacial score (nSPS) is 27.3. The Morgan fingerprint density at radius 1 is 1.11 bits per heavy atom. The molecule has 2 aliphatic carbocycles. The number of esters is 1. The molecule has 0 aliphatic heterocycles. The first kappa shape index (κ1) is 22.0.